The van der Waals surface area contributed by atoms with Gasteiger partial charge in [0.15, 0.2) is 0 Å². The standard InChI is InChI=1S/C29H39FN4O5/c1-29(2,3)39-28(37)34-21-7-6-20(13-21)25(34)27(36)32-24(26(31)35)15-19-5-4-17(14-23(19)30)18-8-9-33-10-11-38-16-22(33)12-18/h4-5,12,14,20-22,24-25H,6-11,13,15-16H2,1-3H3,(H2,31,35)(H,32,36)/t20-,21+,22?,24-,25-/m0/s1. The molecular weight excluding hydrogens is 503 g/mol. The van der Waals surface area contributed by atoms with Crippen molar-refractivity contribution in [1.29, 1.82) is 0 Å². The molecule has 10 heteroatoms. The lowest BCUT2D eigenvalue weighted by Crippen LogP contribution is -2.57. The fourth-order valence-corrected chi connectivity index (χ4v) is 6.42. The third-order valence-electron chi connectivity index (χ3n) is 8.31. The van der Waals surface area contributed by atoms with Gasteiger partial charge in [-0.15, -0.1) is 0 Å². The van der Waals surface area contributed by atoms with Gasteiger partial charge in [-0.2, -0.15) is 0 Å². The highest BCUT2D eigenvalue weighted by molar-refractivity contribution is 5.91. The minimum atomic E-state index is -1.11. The van der Waals surface area contributed by atoms with E-state index in [1.54, 1.807) is 26.8 Å². The van der Waals surface area contributed by atoms with Gasteiger partial charge in [0.25, 0.3) is 0 Å². The molecule has 0 radical (unpaired) electrons. The Labute approximate surface area is 228 Å². The zero-order valence-electron chi connectivity index (χ0n) is 23.0. The summed E-state index contributed by atoms with van der Waals surface area (Å²) < 4.78 is 26.4. The van der Waals surface area contributed by atoms with Crippen LogP contribution in [0.15, 0.2) is 24.3 Å². The summed E-state index contributed by atoms with van der Waals surface area (Å²) >= 11 is 0. The van der Waals surface area contributed by atoms with E-state index in [1.165, 1.54) is 11.0 Å². The maximum absolute atomic E-state index is 15.3. The van der Waals surface area contributed by atoms with E-state index in [-0.39, 0.29) is 24.4 Å². The fraction of sp³-hybridized carbons (Fsp3) is 0.621. The van der Waals surface area contributed by atoms with Crippen LogP contribution in [0.3, 0.4) is 0 Å². The predicted molar refractivity (Wildman–Crippen MR) is 143 cm³/mol. The van der Waals surface area contributed by atoms with Crippen LogP contribution in [-0.4, -0.2) is 83.8 Å². The molecule has 5 rings (SSSR count). The van der Waals surface area contributed by atoms with E-state index < -0.39 is 41.4 Å². The summed E-state index contributed by atoms with van der Waals surface area (Å²) in [6, 6.07) is 3.27. The highest BCUT2D eigenvalue weighted by Gasteiger charge is 2.52. The van der Waals surface area contributed by atoms with Crippen molar-refractivity contribution in [3.8, 4) is 0 Å². The number of amides is 3. The second-order valence-corrected chi connectivity index (χ2v) is 12.2. The Morgan fingerprint density at radius 3 is 2.74 bits per heavy atom. The molecule has 3 heterocycles. The number of nitrogens with zero attached hydrogens (tertiary/aromatic N) is 2. The minimum Gasteiger partial charge on any atom is -0.444 e. The average Bonchev–Trinajstić information content (AvgIpc) is 3.50. The first-order valence-corrected chi connectivity index (χ1v) is 13.9. The van der Waals surface area contributed by atoms with Gasteiger partial charge in [0.1, 0.15) is 23.5 Å². The monoisotopic (exact) mass is 542 g/mol. The quantitative estimate of drug-likeness (QED) is 0.571. The number of carbonyl (C=O) groups excluding carboxylic acids is 3. The van der Waals surface area contributed by atoms with Gasteiger partial charge in [-0.3, -0.25) is 19.4 Å². The molecule has 3 amide bonds. The molecule has 1 saturated carbocycles. The number of hydrogen-bond acceptors (Lipinski definition) is 6. The minimum absolute atomic E-state index is 0.0127. The third-order valence-corrected chi connectivity index (χ3v) is 8.31. The molecule has 9 nitrogen and oxygen atoms in total. The van der Waals surface area contributed by atoms with Gasteiger partial charge in [0, 0.05) is 25.6 Å². The summed E-state index contributed by atoms with van der Waals surface area (Å²) in [5.41, 5.74) is 7.11. The first kappa shape index (κ1) is 27.6. The molecule has 1 aromatic rings. The van der Waals surface area contributed by atoms with Gasteiger partial charge in [0.05, 0.1) is 19.3 Å². The molecule has 0 spiro atoms. The van der Waals surface area contributed by atoms with Gasteiger partial charge in [-0.25, -0.2) is 9.18 Å². The Balaban J connectivity index is 1.28. The van der Waals surface area contributed by atoms with E-state index in [9.17, 15) is 14.4 Å². The zero-order chi connectivity index (χ0) is 27.9. The topological polar surface area (TPSA) is 114 Å². The lowest BCUT2D eigenvalue weighted by molar-refractivity contribution is -0.132. The molecule has 4 aliphatic rings. The Morgan fingerprint density at radius 2 is 2.03 bits per heavy atom. The SMILES string of the molecule is CC(C)(C)OC(=O)N1[C@@H]2CC[C@@H](C2)[C@H]1C(=O)N[C@@H](Cc1ccc(C2=CC3COCCN3CC2)cc1F)C(N)=O. The van der Waals surface area contributed by atoms with Crippen LogP contribution >= 0.6 is 0 Å². The summed E-state index contributed by atoms with van der Waals surface area (Å²) in [7, 11) is 0. The van der Waals surface area contributed by atoms with Crippen LogP contribution in [0.2, 0.25) is 0 Å². The van der Waals surface area contributed by atoms with Crippen molar-refractivity contribution in [3.63, 3.8) is 0 Å². The van der Waals surface area contributed by atoms with E-state index in [1.807, 2.05) is 6.07 Å². The average molecular weight is 543 g/mol. The second-order valence-electron chi connectivity index (χ2n) is 12.2. The fourth-order valence-electron chi connectivity index (χ4n) is 6.42. The number of nitrogens with two attached hydrogens (primary N) is 1. The first-order chi connectivity index (χ1) is 18.5. The van der Waals surface area contributed by atoms with Gasteiger partial charge >= 0.3 is 6.09 Å². The highest BCUT2D eigenvalue weighted by Crippen LogP contribution is 2.43. The van der Waals surface area contributed by atoms with E-state index in [4.69, 9.17) is 15.2 Å². The largest absolute Gasteiger partial charge is 0.444 e. The number of likely N-dealkylation sites (tertiary alicyclic amines) is 1. The molecule has 3 N–H and O–H groups in total. The number of rotatable bonds is 6. The summed E-state index contributed by atoms with van der Waals surface area (Å²) in [5, 5.41) is 2.72. The van der Waals surface area contributed by atoms with Crippen molar-refractivity contribution in [2.75, 3.05) is 26.3 Å². The van der Waals surface area contributed by atoms with Crippen molar-refractivity contribution in [2.24, 2.45) is 11.7 Å². The van der Waals surface area contributed by atoms with Gasteiger partial charge < -0.3 is 20.5 Å². The molecule has 1 unspecified atom stereocenters. The molecule has 5 atom stereocenters. The van der Waals surface area contributed by atoms with Crippen LogP contribution in [0.1, 0.15) is 57.6 Å². The lowest BCUT2D eigenvalue weighted by atomic mass is 9.93. The number of nitrogens with one attached hydrogen (secondary N) is 1. The van der Waals surface area contributed by atoms with Crippen LogP contribution in [0.4, 0.5) is 9.18 Å². The smallest absolute Gasteiger partial charge is 0.411 e. The van der Waals surface area contributed by atoms with Crippen LogP contribution in [0.25, 0.3) is 5.57 Å². The predicted octanol–water partition coefficient (Wildman–Crippen LogP) is 2.61. The summed E-state index contributed by atoms with van der Waals surface area (Å²) in [5.74, 6) is -1.68. The molecule has 212 valence electrons. The highest BCUT2D eigenvalue weighted by atomic mass is 19.1. The summed E-state index contributed by atoms with van der Waals surface area (Å²) in [6.07, 6.45) is 4.71. The number of morpholine rings is 1. The number of primary amides is 1. The molecule has 1 aromatic carbocycles. The van der Waals surface area contributed by atoms with Crippen molar-refractivity contribution < 1.29 is 28.2 Å². The van der Waals surface area contributed by atoms with Crippen LogP contribution < -0.4 is 11.1 Å². The summed E-state index contributed by atoms with van der Waals surface area (Å²) in [6.45, 7) is 8.52. The van der Waals surface area contributed by atoms with Crippen molar-refractivity contribution in [2.45, 2.75) is 82.6 Å². The molecule has 1 aliphatic carbocycles. The number of ether oxygens (including phenoxy) is 2. The van der Waals surface area contributed by atoms with Crippen molar-refractivity contribution in [1.82, 2.24) is 15.1 Å². The van der Waals surface area contributed by atoms with E-state index in [2.05, 4.69) is 16.3 Å². The number of benzene rings is 1. The maximum Gasteiger partial charge on any atom is 0.411 e. The number of hydrogen-bond donors (Lipinski definition) is 2. The Bertz CT molecular complexity index is 1160. The van der Waals surface area contributed by atoms with Gasteiger partial charge in [0.2, 0.25) is 11.8 Å². The Kier molecular flexibility index (Phi) is 7.70. The van der Waals surface area contributed by atoms with Gasteiger partial charge in [-0.1, -0.05) is 18.2 Å². The van der Waals surface area contributed by atoms with Gasteiger partial charge in [-0.05, 0) is 75.1 Å². The Hall–Kier alpha value is -2.98. The second kappa shape index (κ2) is 10.9. The van der Waals surface area contributed by atoms with Crippen LogP contribution in [0.5, 0.6) is 0 Å². The van der Waals surface area contributed by atoms with Crippen molar-refractivity contribution in [3.05, 3.63) is 41.2 Å². The molecule has 39 heavy (non-hydrogen) atoms. The molecule has 3 aliphatic heterocycles. The van der Waals surface area contributed by atoms with E-state index in [0.29, 0.717) is 12.2 Å². The molecule has 3 fully saturated rings. The Morgan fingerprint density at radius 1 is 1.23 bits per heavy atom. The molecule has 2 bridgehead atoms. The van der Waals surface area contributed by atoms with Crippen LogP contribution in [-0.2, 0) is 25.5 Å². The zero-order valence-corrected chi connectivity index (χ0v) is 23.0. The van der Waals surface area contributed by atoms with Crippen LogP contribution in [0, 0.1) is 11.7 Å². The summed E-state index contributed by atoms with van der Waals surface area (Å²) in [4.78, 5) is 42.5. The normalized spacial score (nSPS) is 27.5. The molecule has 0 aromatic heterocycles. The van der Waals surface area contributed by atoms with Crippen molar-refractivity contribution >= 4 is 23.5 Å². The first-order valence-electron chi connectivity index (χ1n) is 13.9. The number of piperidine rings is 1. The third kappa shape index (κ3) is 5.96. The molecule has 2 saturated heterocycles. The number of halogens is 1. The van der Waals surface area contributed by atoms with E-state index >= 15 is 4.39 Å². The lowest BCUT2D eigenvalue weighted by Gasteiger charge is -2.37. The number of carbonyl (C=O) groups is 3. The van der Waals surface area contributed by atoms with E-state index in [0.717, 1.165) is 56.5 Å². The number of fused-ring (bicyclic) bond motifs is 3. The molecular formula is C29H39FN4O5. The maximum atomic E-state index is 15.3.